The first kappa shape index (κ1) is 8.96. The Bertz CT molecular complexity index is 403. The molecule has 14 heavy (non-hydrogen) atoms. The van der Waals surface area contributed by atoms with Gasteiger partial charge < -0.3 is 10.5 Å². The van der Waals surface area contributed by atoms with Gasteiger partial charge in [-0.1, -0.05) is 0 Å². The van der Waals surface area contributed by atoms with E-state index in [9.17, 15) is 10.1 Å². The van der Waals surface area contributed by atoms with Crippen molar-refractivity contribution in [2.24, 2.45) is 5.73 Å². The molecule has 1 heterocycles. The van der Waals surface area contributed by atoms with E-state index in [2.05, 4.69) is 0 Å². The number of benzene rings is 1. The SMILES string of the molecule is Cc1ccc([N+](=O)[O-])c2c1OC[C@@H]2N. The smallest absolute Gasteiger partial charge is 0.278 e. The summed E-state index contributed by atoms with van der Waals surface area (Å²) in [6, 6.07) is 2.77. The lowest BCUT2D eigenvalue weighted by atomic mass is 10.0. The van der Waals surface area contributed by atoms with E-state index < -0.39 is 4.92 Å². The van der Waals surface area contributed by atoms with E-state index in [1.807, 2.05) is 6.92 Å². The van der Waals surface area contributed by atoms with E-state index in [1.165, 1.54) is 6.07 Å². The minimum atomic E-state index is -0.424. The van der Waals surface area contributed by atoms with Gasteiger partial charge in [-0.05, 0) is 18.6 Å². The van der Waals surface area contributed by atoms with Gasteiger partial charge >= 0.3 is 0 Å². The second-order valence-electron chi connectivity index (χ2n) is 3.32. The molecule has 0 spiro atoms. The zero-order valence-corrected chi connectivity index (χ0v) is 7.69. The molecule has 2 rings (SSSR count). The number of nitro groups is 1. The molecule has 0 saturated carbocycles. The number of rotatable bonds is 1. The molecule has 1 aliphatic heterocycles. The molecule has 0 saturated heterocycles. The Hall–Kier alpha value is -1.62. The van der Waals surface area contributed by atoms with Gasteiger partial charge in [0.15, 0.2) is 0 Å². The predicted octanol–water partition coefficient (Wildman–Crippen LogP) is 1.30. The van der Waals surface area contributed by atoms with Crippen LogP contribution in [0.25, 0.3) is 0 Å². The molecule has 2 N–H and O–H groups in total. The molecule has 0 amide bonds. The van der Waals surface area contributed by atoms with E-state index in [0.717, 1.165) is 5.56 Å². The Morgan fingerprint density at radius 3 is 3.00 bits per heavy atom. The fourth-order valence-corrected chi connectivity index (χ4v) is 1.66. The molecule has 0 aliphatic carbocycles. The van der Waals surface area contributed by atoms with E-state index >= 15 is 0 Å². The highest BCUT2D eigenvalue weighted by atomic mass is 16.6. The molecule has 1 aromatic rings. The van der Waals surface area contributed by atoms with E-state index in [4.69, 9.17) is 10.5 Å². The molecule has 74 valence electrons. The van der Waals surface area contributed by atoms with Gasteiger partial charge in [-0.25, -0.2) is 0 Å². The van der Waals surface area contributed by atoms with Crippen LogP contribution in [0.1, 0.15) is 17.2 Å². The average Bonchev–Trinajstić information content (AvgIpc) is 2.50. The molecular weight excluding hydrogens is 184 g/mol. The summed E-state index contributed by atoms with van der Waals surface area (Å²) in [5, 5.41) is 10.7. The first-order valence-electron chi connectivity index (χ1n) is 4.27. The number of nitrogens with zero attached hydrogens (tertiary/aromatic N) is 1. The number of fused-ring (bicyclic) bond motifs is 1. The summed E-state index contributed by atoms with van der Waals surface area (Å²) in [6.07, 6.45) is 0. The summed E-state index contributed by atoms with van der Waals surface area (Å²) < 4.78 is 5.30. The summed E-state index contributed by atoms with van der Waals surface area (Å²) in [4.78, 5) is 10.3. The standard InChI is InChI=1S/C9H10N2O3/c1-5-2-3-7(11(12)13)8-6(10)4-14-9(5)8/h2-3,6H,4,10H2,1H3/t6-/m0/s1. The van der Waals surface area contributed by atoms with E-state index in [-0.39, 0.29) is 11.7 Å². The second kappa shape index (κ2) is 2.95. The summed E-state index contributed by atoms with van der Waals surface area (Å²) in [7, 11) is 0. The Labute approximate surface area is 80.6 Å². The second-order valence-corrected chi connectivity index (χ2v) is 3.32. The lowest BCUT2D eigenvalue weighted by molar-refractivity contribution is -0.385. The maximum Gasteiger partial charge on any atom is 0.278 e. The molecule has 5 nitrogen and oxygen atoms in total. The van der Waals surface area contributed by atoms with Crippen molar-refractivity contribution in [2.75, 3.05) is 6.61 Å². The van der Waals surface area contributed by atoms with Gasteiger partial charge in [-0.3, -0.25) is 10.1 Å². The van der Waals surface area contributed by atoms with Crippen LogP contribution in [0.5, 0.6) is 5.75 Å². The Morgan fingerprint density at radius 1 is 1.64 bits per heavy atom. The molecule has 0 fully saturated rings. The Balaban J connectivity index is 2.66. The molecule has 0 unspecified atom stereocenters. The summed E-state index contributed by atoms with van der Waals surface area (Å²) in [5.74, 6) is 0.576. The molecular formula is C9H10N2O3. The normalized spacial score (nSPS) is 18.9. The topological polar surface area (TPSA) is 78.4 Å². The number of aryl methyl sites for hydroxylation is 1. The highest BCUT2D eigenvalue weighted by molar-refractivity contribution is 5.57. The fraction of sp³-hybridized carbons (Fsp3) is 0.333. The van der Waals surface area contributed by atoms with Crippen molar-refractivity contribution in [3.05, 3.63) is 33.4 Å². The Morgan fingerprint density at radius 2 is 2.36 bits per heavy atom. The van der Waals surface area contributed by atoms with Crippen LogP contribution >= 0.6 is 0 Å². The van der Waals surface area contributed by atoms with Crippen molar-refractivity contribution < 1.29 is 9.66 Å². The quantitative estimate of drug-likeness (QED) is 0.539. The highest BCUT2D eigenvalue weighted by Gasteiger charge is 2.30. The fourth-order valence-electron chi connectivity index (χ4n) is 1.66. The van der Waals surface area contributed by atoms with Crippen LogP contribution < -0.4 is 10.5 Å². The van der Waals surface area contributed by atoms with Crippen molar-refractivity contribution in [3.8, 4) is 5.75 Å². The van der Waals surface area contributed by atoms with Gasteiger partial charge in [0.2, 0.25) is 0 Å². The molecule has 0 aromatic heterocycles. The van der Waals surface area contributed by atoms with Crippen LogP contribution in [0.3, 0.4) is 0 Å². The predicted molar refractivity (Wildman–Crippen MR) is 50.3 cm³/mol. The van der Waals surface area contributed by atoms with E-state index in [1.54, 1.807) is 6.07 Å². The number of nitrogens with two attached hydrogens (primary N) is 1. The number of hydrogen-bond donors (Lipinski definition) is 1. The zero-order valence-electron chi connectivity index (χ0n) is 7.69. The maximum atomic E-state index is 10.7. The molecule has 1 aromatic carbocycles. The van der Waals surface area contributed by atoms with Gasteiger partial charge in [0.05, 0.1) is 16.5 Å². The van der Waals surface area contributed by atoms with Crippen molar-refractivity contribution in [1.82, 2.24) is 0 Å². The average molecular weight is 194 g/mol. The Kier molecular flexibility index (Phi) is 1.89. The van der Waals surface area contributed by atoms with Crippen molar-refractivity contribution in [3.63, 3.8) is 0 Å². The number of nitro benzene ring substituents is 1. The molecule has 1 aliphatic rings. The first-order chi connectivity index (χ1) is 6.61. The van der Waals surface area contributed by atoms with Crippen LogP contribution in [0.15, 0.2) is 12.1 Å². The van der Waals surface area contributed by atoms with E-state index in [0.29, 0.717) is 17.9 Å². The van der Waals surface area contributed by atoms with Crippen LogP contribution in [0.4, 0.5) is 5.69 Å². The third-order valence-electron chi connectivity index (χ3n) is 2.34. The van der Waals surface area contributed by atoms with Crippen LogP contribution in [0.2, 0.25) is 0 Å². The molecule has 1 atom stereocenters. The largest absolute Gasteiger partial charge is 0.491 e. The number of ether oxygens (including phenoxy) is 1. The van der Waals surface area contributed by atoms with Crippen molar-refractivity contribution in [2.45, 2.75) is 13.0 Å². The third-order valence-corrected chi connectivity index (χ3v) is 2.34. The lowest BCUT2D eigenvalue weighted by Crippen LogP contribution is -2.12. The number of hydrogen-bond acceptors (Lipinski definition) is 4. The van der Waals surface area contributed by atoms with Crippen molar-refractivity contribution >= 4 is 5.69 Å². The monoisotopic (exact) mass is 194 g/mol. The van der Waals surface area contributed by atoms with Gasteiger partial charge in [-0.15, -0.1) is 0 Å². The van der Waals surface area contributed by atoms with Gasteiger partial charge in [-0.2, -0.15) is 0 Å². The molecule has 5 heteroatoms. The van der Waals surface area contributed by atoms with Crippen LogP contribution in [-0.4, -0.2) is 11.5 Å². The minimum absolute atomic E-state index is 0.0515. The minimum Gasteiger partial charge on any atom is -0.491 e. The molecule has 0 bridgehead atoms. The van der Waals surface area contributed by atoms with Crippen molar-refractivity contribution in [1.29, 1.82) is 0 Å². The zero-order chi connectivity index (χ0) is 10.3. The van der Waals surface area contributed by atoms with Gasteiger partial charge in [0, 0.05) is 6.07 Å². The van der Waals surface area contributed by atoms with Crippen LogP contribution in [0, 0.1) is 17.0 Å². The first-order valence-corrected chi connectivity index (χ1v) is 4.27. The summed E-state index contributed by atoms with van der Waals surface area (Å²) >= 11 is 0. The third kappa shape index (κ3) is 1.13. The highest BCUT2D eigenvalue weighted by Crippen LogP contribution is 2.40. The van der Waals surface area contributed by atoms with Gasteiger partial charge in [0.1, 0.15) is 12.4 Å². The lowest BCUT2D eigenvalue weighted by Gasteiger charge is -2.04. The van der Waals surface area contributed by atoms with Gasteiger partial charge in [0.25, 0.3) is 5.69 Å². The summed E-state index contributed by atoms with van der Waals surface area (Å²) in [6.45, 7) is 2.17. The summed E-state index contributed by atoms with van der Waals surface area (Å²) in [5.41, 5.74) is 7.19. The van der Waals surface area contributed by atoms with Crippen LogP contribution in [-0.2, 0) is 0 Å². The molecule has 0 radical (unpaired) electrons. The maximum absolute atomic E-state index is 10.7.